The summed E-state index contributed by atoms with van der Waals surface area (Å²) in [6.07, 6.45) is 1.48. The third kappa shape index (κ3) is 4.84. The van der Waals surface area contributed by atoms with E-state index in [0.29, 0.717) is 18.1 Å². The average Bonchev–Trinajstić information content (AvgIpc) is 2.42. The lowest BCUT2D eigenvalue weighted by molar-refractivity contribution is -0.118. The molecule has 2 rings (SSSR count). The fraction of sp³-hybridized carbons (Fsp3) is 0.562. The normalized spacial score (nSPS) is 20.8. The van der Waals surface area contributed by atoms with Gasteiger partial charge in [0.2, 0.25) is 5.91 Å². The first-order valence-electron chi connectivity index (χ1n) is 7.33. The van der Waals surface area contributed by atoms with Crippen molar-refractivity contribution in [2.24, 2.45) is 11.1 Å². The highest BCUT2D eigenvalue weighted by atomic mass is 32.2. The number of amides is 1. The molecule has 1 unspecified atom stereocenters. The summed E-state index contributed by atoms with van der Waals surface area (Å²) in [5.74, 6) is 2.81. The smallest absolute Gasteiger partial charge is 0.220 e. The SMILES string of the molecule is CC1(C)CCSCC1Nc1ccc(OCCC(N)=O)cc1. The van der Waals surface area contributed by atoms with Crippen LogP contribution < -0.4 is 15.8 Å². The first kappa shape index (κ1) is 16.0. The molecule has 21 heavy (non-hydrogen) atoms. The quantitative estimate of drug-likeness (QED) is 0.848. The summed E-state index contributed by atoms with van der Waals surface area (Å²) in [7, 11) is 0. The maximum Gasteiger partial charge on any atom is 0.220 e. The molecule has 1 heterocycles. The molecular formula is C16H24N2O2S. The van der Waals surface area contributed by atoms with E-state index in [1.807, 2.05) is 36.0 Å². The lowest BCUT2D eigenvalue weighted by Crippen LogP contribution is -2.41. The van der Waals surface area contributed by atoms with Crippen molar-refractivity contribution < 1.29 is 9.53 Å². The van der Waals surface area contributed by atoms with Gasteiger partial charge < -0.3 is 15.8 Å². The van der Waals surface area contributed by atoms with Crippen molar-refractivity contribution in [2.45, 2.75) is 32.7 Å². The maximum absolute atomic E-state index is 10.7. The second-order valence-corrected chi connectivity index (χ2v) is 7.25. The molecule has 1 saturated heterocycles. The van der Waals surface area contributed by atoms with Gasteiger partial charge in [-0.15, -0.1) is 0 Å². The monoisotopic (exact) mass is 308 g/mol. The van der Waals surface area contributed by atoms with Gasteiger partial charge in [0.1, 0.15) is 5.75 Å². The first-order valence-corrected chi connectivity index (χ1v) is 8.48. The molecule has 1 amide bonds. The number of benzene rings is 1. The van der Waals surface area contributed by atoms with Gasteiger partial charge in [-0.2, -0.15) is 11.8 Å². The molecule has 0 bridgehead atoms. The van der Waals surface area contributed by atoms with Crippen LogP contribution in [-0.2, 0) is 4.79 Å². The van der Waals surface area contributed by atoms with Gasteiger partial charge in [-0.3, -0.25) is 4.79 Å². The zero-order valence-electron chi connectivity index (χ0n) is 12.7. The van der Waals surface area contributed by atoms with E-state index in [2.05, 4.69) is 19.2 Å². The number of nitrogens with two attached hydrogens (primary N) is 1. The number of ether oxygens (including phenoxy) is 1. The molecule has 3 N–H and O–H groups in total. The van der Waals surface area contributed by atoms with Gasteiger partial charge in [-0.05, 0) is 41.9 Å². The van der Waals surface area contributed by atoms with Crippen LogP contribution in [0.4, 0.5) is 5.69 Å². The van der Waals surface area contributed by atoms with Crippen molar-refractivity contribution in [1.82, 2.24) is 0 Å². The third-order valence-electron chi connectivity index (χ3n) is 3.93. The van der Waals surface area contributed by atoms with Crippen molar-refractivity contribution in [3.63, 3.8) is 0 Å². The number of rotatable bonds is 6. The lowest BCUT2D eigenvalue weighted by Gasteiger charge is -2.39. The van der Waals surface area contributed by atoms with E-state index in [-0.39, 0.29) is 12.3 Å². The molecule has 1 aromatic rings. The van der Waals surface area contributed by atoms with E-state index >= 15 is 0 Å². The van der Waals surface area contributed by atoms with Crippen molar-refractivity contribution >= 4 is 23.4 Å². The molecule has 5 heteroatoms. The van der Waals surface area contributed by atoms with Gasteiger partial charge in [-0.1, -0.05) is 13.8 Å². The van der Waals surface area contributed by atoms with Crippen LogP contribution in [0.5, 0.6) is 5.75 Å². The molecule has 0 aromatic heterocycles. The highest BCUT2D eigenvalue weighted by Gasteiger charge is 2.32. The van der Waals surface area contributed by atoms with Gasteiger partial charge in [0.25, 0.3) is 0 Å². The largest absolute Gasteiger partial charge is 0.493 e. The van der Waals surface area contributed by atoms with Gasteiger partial charge in [0, 0.05) is 17.5 Å². The summed E-state index contributed by atoms with van der Waals surface area (Å²) in [5.41, 5.74) is 6.51. The summed E-state index contributed by atoms with van der Waals surface area (Å²) < 4.78 is 5.47. The average molecular weight is 308 g/mol. The molecule has 1 fully saturated rings. The summed E-state index contributed by atoms with van der Waals surface area (Å²) in [6, 6.07) is 8.38. The molecule has 4 nitrogen and oxygen atoms in total. The van der Waals surface area contributed by atoms with Crippen LogP contribution in [0.2, 0.25) is 0 Å². The summed E-state index contributed by atoms with van der Waals surface area (Å²) in [6.45, 7) is 4.98. The van der Waals surface area contributed by atoms with Crippen LogP contribution >= 0.6 is 11.8 Å². The Hall–Kier alpha value is -1.36. The highest BCUT2D eigenvalue weighted by Crippen LogP contribution is 2.36. The molecule has 0 aliphatic carbocycles. The molecule has 0 spiro atoms. The van der Waals surface area contributed by atoms with E-state index in [1.54, 1.807) is 0 Å². The Kier molecular flexibility index (Phi) is 5.39. The zero-order chi connectivity index (χ0) is 15.3. The Labute approximate surface area is 130 Å². The Morgan fingerprint density at radius 1 is 1.43 bits per heavy atom. The van der Waals surface area contributed by atoms with Gasteiger partial charge in [-0.25, -0.2) is 0 Å². The predicted octanol–water partition coefficient (Wildman–Crippen LogP) is 2.88. The number of nitrogens with one attached hydrogen (secondary N) is 1. The van der Waals surface area contributed by atoms with E-state index in [1.165, 1.54) is 12.2 Å². The van der Waals surface area contributed by atoms with Crippen LogP contribution in [0.1, 0.15) is 26.7 Å². The molecule has 0 radical (unpaired) electrons. The molecule has 1 aliphatic rings. The standard InChI is InChI=1S/C16H24N2O2S/c1-16(2)8-10-21-11-14(16)18-12-3-5-13(6-4-12)20-9-7-15(17)19/h3-6,14,18H,7-11H2,1-2H3,(H2,17,19). The Balaban J connectivity index is 1.88. The Morgan fingerprint density at radius 3 is 2.76 bits per heavy atom. The fourth-order valence-corrected chi connectivity index (χ4v) is 3.90. The molecule has 0 saturated carbocycles. The minimum atomic E-state index is -0.342. The third-order valence-corrected chi connectivity index (χ3v) is 4.99. The first-order chi connectivity index (χ1) is 9.97. The van der Waals surface area contributed by atoms with Crippen LogP contribution in [0, 0.1) is 5.41 Å². The number of hydrogen-bond donors (Lipinski definition) is 2. The summed E-state index contributed by atoms with van der Waals surface area (Å²) in [4.78, 5) is 10.7. The van der Waals surface area contributed by atoms with Crippen molar-refractivity contribution in [2.75, 3.05) is 23.4 Å². The van der Waals surface area contributed by atoms with Gasteiger partial charge in [0.15, 0.2) is 0 Å². The highest BCUT2D eigenvalue weighted by molar-refractivity contribution is 7.99. The number of anilines is 1. The maximum atomic E-state index is 10.7. The van der Waals surface area contributed by atoms with Crippen LogP contribution in [0.3, 0.4) is 0 Å². The second kappa shape index (κ2) is 7.07. The number of carbonyl (C=O) groups excluding carboxylic acids is 1. The summed E-state index contributed by atoms with van der Waals surface area (Å²) in [5, 5.41) is 3.62. The minimum absolute atomic E-state index is 0.244. The van der Waals surface area contributed by atoms with Crippen LogP contribution in [0.25, 0.3) is 0 Å². The number of hydrogen-bond acceptors (Lipinski definition) is 4. The number of primary amides is 1. The van der Waals surface area contributed by atoms with Crippen molar-refractivity contribution in [1.29, 1.82) is 0 Å². The Morgan fingerprint density at radius 2 is 2.14 bits per heavy atom. The minimum Gasteiger partial charge on any atom is -0.493 e. The van der Waals surface area contributed by atoms with Crippen molar-refractivity contribution in [3.8, 4) is 5.75 Å². The molecule has 1 atom stereocenters. The van der Waals surface area contributed by atoms with Crippen molar-refractivity contribution in [3.05, 3.63) is 24.3 Å². The number of carbonyl (C=O) groups is 1. The molecule has 116 valence electrons. The van der Waals surface area contributed by atoms with E-state index < -0.39 is 0 Å². The Bertz CT molecular complexity index is 474. The van der Waals surface area contributed by atoms with Crippen LogP contribution in [0.15, 0.2) is 24.3 Å². The predicted molar refractivity (Wildman–Crippen MR) is 88.9 cm³/mol. The zero-order valence-corrected chi connectivity index (χ0v) is 13.5. The topological polar surface area (TPSA) is 64.3 Å². The van der Waals surface area contributed by atoms with Crippen LogP contribution in [-0.4, -0.2) is 30.1 Å². The van der Waals surface area contributed by atoms with E-state index in [0.717, 1.165) is 17.2 Å². The molecule has 1 aliphatic heterocycles. The van der Waals surface area contributed by atoms with E-state index in [9.17, 15) is 4.79 Å². The van der Waals surface area contributed by atoms with Gasteiger partial charge in [0.05, 0.1) is 13.0 Å². The molecular weight excluding hydrogens is 284 g/mol. The lowest BCUT2D eigenvalue weighted by atomic mass is 9.82. The molecule has 1 aromatic carbocycles. The fourth-order valence-electron chi connectivity index (χ4n) is 2.29. The van der Waals surface area contributed by atoms with Gasteiger partial charge >= 0.3 is 0 Å². The second-order valence-electron chi connectivity index (χ2n) is 6.10. The van der Waals surface area contributed by atoms with E-state index in [4.69, 9.17) is 10.5 Å². The number of thioether (sulfide) groups is 1. The summed E-state index contributed by atoms with van der Waals surface area (Å²) >= 11 is 2.01.